The third kappa shape index (κ3) is 2.81. The fourth-order valence-electron chi connectivity index (χ4n) is 4.04. The molecule has 3 heterocycles. The minimum absolute atomic E-state index is 0.0175. The summed E-state index contributed by atoms with van der Waals surface area (Å²) >= 11 is 0. The molecule has 0 radical (unpaired) electrons. The normalized spacial score (nSPS) is 16.2. The molecule has 0 saturated heterocycles. The van der Waals surface area contributed by atoms with Crippen molar-refractivity contribution in [1.29, 1.82) is 0 Å². The molecule has 29 heavy (non-hydrogen) atoms. The van der Waals surface area contributed by atoms with Gasteiger partial charge in [0.25, 0.3) is 0 Å². The van der Waals surface area contributed by atoms with Gasteiger partial charge in [-0.15, -0.1) is 10.2 Å². The molecule has 1 aliphatic rings. The van der Waals surface area contributed by atoms with Gasteiger partial charge in [-0.05, 0) is 36.2 Å². The van der Waals surface area contributed by atoms with E-state index in [1.807, 2.05) is 36.4 Å². The summed E-state index contributed by atoms with van der Waals surface area (Å²) in [6.07, 6.45) is 3.39. The highest BCUT2D eigenvalue weighted by Crippen LogP contribution is 2.35. The van der Waals surface area contributed by atoms with Gasteiger partial charge >= 0.3 is 0 Å². The summed E-state index contributed by atoms with van der Waals surface area (Å²) in [5.41, 5.74) is 4.73. The van der Waals surface area contributed by atoms with Crippen LogP contribution in [0.15, 0.2) is 47.1 Å². The van der Waals surface area contributed by atoms with Gasteiger partial charge in [0.15, 0.2) is 17.1 Å². The maximum atomic E-state index is 12.7. The van der Waals surface area contributed by atoms with Crippen LogP contribution in [0, 0.1) is 0 Å². The molecule has 0 amide bonds. The second-order valence-corrected chi connectivity index (χ2v) is 7.18. The monoisotopic (exact) mass is 388 g/mol. The lowest BCUT2D eigenvalue weighted by Crippen LogP contribution is -2.24. The Kier molecular flexibility index (Phi) is 4.16. The molecule has 0 spiro atoms. The number of Topliss-reactive ketones (excluding diaryl/α,β-unsaturated/α-hetero) is 1. The van der Waals surface area contributed by atoms with Crippen LogP contribution >= 0.6 is 0 Å². The van der Waals surface area contributed by atoms with Crippen LogP contribution in [-0.2, 0) is 12.8 Å². The average Bonchev–Trinajstić information content (AvgIpc) is 3.41. The Balaban J connectivity index is 1.68. The average molecular weight is 388 g/mol. The van der Waals surface area contributed by atoms with Crippen LogP contribution in [0.4, 0.5) is 0 Å². The Morgan fingerprint density at radius 2 is 2.00 bits per heavy atom. The number of ketones is 1. The minimum atomic E-state index is -0.0263. The van der Waals surface area contributed by atoms with Crippen LogP contribution < -0.4 is 4.74 Å². The highest BCUT2D eigenvalue weighted by Gasteiger charge is 2.32. The Hall–Kier alpha value is -3.48. The molecule has 1 aromatic carbocycles. The second-order valence-electron chi connectivity index (χ2n) is 7.18. The molecule has 1 atom stereocenters. The number of methoxy groups -OCH3 is 1. The maximum Gasteiger partial charge on any atom is 0.185 e. The summed E-state index contributed by atoms with van der Waals surface area (Å²) in [4.78, 5) is 12.7. The first-order chi connectivity index (χ1) is 14.2. The van der Waals surface area contributed by atoms with E-state index in [0.29, 0.717) is 24.2 Å². The molecule has 0 bridgehead atoms. The first-order valence-electron chi connectivity index (χ1n) is 9.67. The van der Waals surface area contributed by atoms with Crippen LogP contribution in [-0.4, -0.2) is 32.7 Å². The lowest BCUT2D eigenvalue weighted by atomic mass is 9.87. The van der Waals surface area contributed by atoms with E-state index in [4.69, 9.17) is 14.3 Å². The number of benzene rings is 1. The number of nitrogens with zero attached hydrogens (tertiary/aromatic N) is 4. The number of carbonyl (C=O) groups excluding carboxylic acids is 1. The molecule has 0 N–H and O–H groups in total. The van der Waals surface area contributed by atoms with E-state index in [1.165, 1.54) is 0 Å². The number of aryl methyl sites for hydroxylation is 1. The van der Waals surface area contributed by atoms with Crippen molar-refractivity contribution in [3.63, 3.8) is 0 Å². The second kappa shape index (κ2) is 6.84. The van der Waals surface area contributed by atoms with Gasteiger partial charge in [-0.3, -0.25) is 4.79 Å². The van der Waals surface area contributed by atoms with E-state index in [1.54, 1.807) is 17.9 Å². The fraction of sp³-hybridized carbons (Fsp3) is 0.273. The standard InChI is InChI=1S/C22H20N4O3/c1-3-16-20(13-6-8-15(28-2)9-7-13)22-24-23-21-17(26(22)25-16)11-14(12-18(21)27)19-5-4-10-29-19/h4-10,14H,3,11-12H2,1-2H3/t14-/m0/s1. The van der Waals surface area contributed by atoms with Crippen LogP contribution in [0.3, 0.4) is 0 Å². The van der Waals surface area contributed by atoms with Crippen molar-refractivity contribution in [3.05, 3.63) is 65.5 Å². The number of rotatable bonds is 4. The van der Waals surface area contributed by atoms with E-state index in [2.05, 4.69) is 17.1 Å². The Morgan fingerprint density at radius 1 is 1.17 bits per heavy atom. The fourth-order valence-corrected chi connectivity index (χ4v) is 4.04. The molecule has 1 aliphatic carbocycles. The van der Waals surface area contributed by atoms with Crippen LogP contribution in [0.25, 0.3) is 16.8 Å². The zero-order valence-electron chi connectivity index (χ0n) is 16.3. The molecule has 0 unspecified atom stereocenters. The number of hydrogen-bond donors (Lipinski definition) is 0. The van der Waals surface area contributed by atoms with E-state index in [9.17, 15) is 4.79 Å². The van der Waals surface area contributed by atoms with E-state index in [0.717, 1.165) is 40.4 Å². The number of carbonyl (C=O) groups is 1. The summed E-state index contributed by atoms with van der Waals surface area (Å²) < 4.78 is 12.6. The van der Waals surface area contributed by atoms with Crippen molar-refractivity contribution in [2.75, 3.05) is 7.11 Å². The Labute approximate surface area is 167 Å². The molecule has 0 aliphatic heterocycles. The Morgan fingerprint density at radius 3 is 2.69 bits per heavy atom. The quantitative estimate of drug-likeness (QED) is 0.528. The van der Waals surface area contributed by atoms with Crippen molar-refractivity contribution in [2.24, 2.45) is 0 Å². The maximum absolute atomic E-state index is 12.7. The topological polar surface area (TPSA) is 82.5 Å². The summed E-state index contributed by atoms with van der Waals surface area (Å²) in [7, 11) is 1.64. The molecule has 0 saturated carbocycles. The van der Waals surface area contributed by atoms with Crippen molar-refractivity contribution in [1.82, 2.24) is 19.8 Å². The SMILES string of the molecule is CCc1nn2c3c(nnc2c1-c1ccc(OC)cc1)C(=O)C[C@@H](c1ccco1)C3. The first kappa shape index (κ1) is 17.6. The number of hydrogen-bond acceptors (Lipinski definition) is 6. The van der Waals surface area contributed by atoms with Gasteiger partial charge in [0, 0.05) is 18.8 Å². The van der Waals surface area contributed by atoms with Gasteiger partial charge in [-0.2, -0.15) is 5.10 Å². The smallest absolute Gasteiger partial charge is 0.185 e. The van der Waals surface area contributed by atoms with Gasteiger partial charge in [0.05, 0.1) is 30.3 Å². The van der Waals surface area contributed by atoms with Crippen LogP contribution in [0.2, 0.25) is 0 Å². The van der Waals surface area contributed by atoms with Gasteiger partial charge in [0.2, 0.25) is 0 Å². The van der Waals surface area contributed by atoms with Gasteiger partial charge in [-0.1, -0.05) is 19.1 Å². The molecule has 4 aromatic rings. The molecule has 5 rings (SSSR count). The predicted molar refractivity (Wildman–Crippen MR) is 106 cm³/mol. The van der Waals surface area contributed by atoms with Crippen molar-refractivity contribution < 1.29 is 13.9 Å². The number of fused-ring (bicyclic) bond motifs is 3. The van der Waals surface area contributed by atoms with Crippen LogP contribution in [0.1, 0.15) is 46.9 Å². The lowest BCUT2D eigenvalue weighted by molar-refractivity contribution is 0.0951. The summed E-state index contributed by atoms with van der Waals surface area (Å²) in [5.74, 6) is 1.56. The third-order valence-corrected chi connectivity index (χ3v) is 5.50. The third-order valence-electron chi connectivity index (χ3n) is 5.50. The van der Waals surface area contributed by atoms with Gasteiger partial charge < -0.3 is 9.15 Å². The Bertz CT molecular complexity index is 1190. The molecule has 3 aromatic heterocycles. The zero-order valence-corrected chi connectivity index (χ0v) is 16.3. The van der Waals surface area contributed by atoms with Crippen LogP contribution in [0.5, 0.6) is 5.75 Å². The van der Waals surface area contributed by atoms with Crippen molar-refractivity contribution >= 4 is 11.4 Å². The predicted octanol–water partition coefficient (Wildman–Crippen LogP) is 3.87. The van der Waals surface area contributed by atoms with Gasteiger partial charge in [0.1, 0.15) is 11.5 Å². The summed E-state index contributed by atoms with van der Waals surface area (Å²) in [6, 6.07) is 11.6. The number of aromatic nitrogens is 4. The van der Waals surface area contributed by atoms with Gasteiger partial charge in [-0.25, -0.2) is 4.52 Å². The minimum Gasteiger partial charge on any atom is -0.497 e. The van der Waals surface area contributed by atoms with E-state index >= 15 is 0 Å². The van der Waals surface area contributed by atoms with E-state index < -0.39 is 0 Å². The van der Waals surface area contributed by atoms with Crippen molar-refractivity contribution in [2.45, 2.75) is 32.1 Å². The molecular weight excluding hydrogens is 368 g/mol. The molecular formula is C22H20N4O3. The largest absolute Gasteiger partial charge is 0.497 e. The molecule has 7 nitrogen and oxygen atoms in total. The summed E-state index contributed by atoms with van der Waals surface area (Å²) in [5, 5.41) is 13.5. The lowest BCUT2D eigenvalue weighted by Gasteiger charge is -2.21. The molecule has 0 fully saturated rings. The number of furan rings is 1. The first-order valence-corrected chi connectivity index (χ1v) is 9.67. The summed E-state index contributed by atoms with van der Waals surface area (Å²) in [6.45, 7) is 2.06. The van der Waals surface area contributed by atoms with Crippen molar-refractivity contribution in [3.8, 4) is 16.9 Å². The molecule has 7 heteroatoms. The van der Waals surface area contributed by atoms with E-state index in [-0.39, 0.29) is 11.7 Å². The highest BCUT2D eigenvalue weighted by atomic mass is 16.5. The molecule has 146 valence electrons. The highest BCUT2D eigenvalue weighted by molar-refractivity contribution is 5.97. The zero-order chi connectivity index (χ0) is 20.0. The number of ether oxygens (including phenoxy) is 1.